The second-order valence-electron chi connectivity index (χ2n) is 7.12. The molecule has 1 aliphatic heterocycles. The summed E-state index contributed by atoms with van der Waals surface area (Å²) in [5.74, 6) is 1.60. The van der Waals surface area contributed by atoms with Gasteiger partial charge in [-0.05, 0) is 36.7 Å². The van der Waals surface area contributed by atoms with Crippen molar-refractivity contribution in [1.29, 1.82) is 0 Å². The Bertz CT molecular complexity index is 893. The molecule has 0 radical (unpaired) electrons. The van der Waals surface area contributed by atoms with Gasteiger partial charge in [-0.1, -0.05) is 0 Å². The Labute approximate surface area is 138 Å². The summed E-state index contributed by atoms with van der Waals surface area (Å²) in [6.45, 7) is 0.771. The molecule has 5 rings (SSSR count). The molecule has 7 heteroatoms. The van der Waals surface area contributed by atoms with Gasteiger partial charge in [0.05, 0.1) is 35.6 Å². The average Bonchev–Trinajstić information content (AvgIpc) is 3.21. The number of hydrogen-bond acceptors (Lipinski definition) is 5. The molecule has 3 heterocycles. The van der Waals surface area contributed by atoms with E-state index in [2.05, 4.69) is 15.0 Å². The highest BCUT2D eigenvalue weighted by atomic mass is 16.5. The van der Waals surface area contributed by atoms with Crippen LogP contribution in [-0.2, 0) is 4.74 Å². The van der Waals surface area contributed by atoms with Crippen molar-refractivity contribution in [2.45, 2.75) is 25.0 Å². The number of H-pyrrole nitrogens is 1. The number of nitrogens with one attached hydrogen (secondary N) is 1. The lowest BCUT2D eigenvalue weighted by Gasteiger charge is -2.31. The maximum absolute atomic E-state index is 13.0. The van der Waals surface area contributed by atoms with Crippen LogP contribution in [0.5, 0.6) is 0 Å². The molecule has 5 atom stereocenters. The first-order valence-electron chi connectivity index (χ1n) is 8.34. The van der Waals surface area contributed by atoms with Crippen molar-refractivity contribution < 1.29 is 9.53 Å². The summed E-state index contributed by atoms with van der Waals surface area (Å²) in [4.78, 5) is 37.8. The second-order valence-corrected chi connectivity index (χ2v) is 7.12. The van der Waals surface area contributed by atoms with Gasteiger partial charge >= 0.3 is 0 Å². The Morgan fingerprint density at radius 3 is 3.04 bits per heavy atom. The molecule has 7 nitrogen and oxygen atoms in total. The molecule has 1 saturated heterocycles. The van der Waals surface area contributed by atoms with Crippen molar-refractivity contribution in [2.24, 2.45) is 17.8 Å². The van der Waals surface area contributed by atoms with Gasteiger partial charge in [-0.3, -0.25) is 9.59 Å². The predicted molar refractivity (Wildman–Crippen MR) is 85.5 cm³/mol. The lowest BCUT2D eigenvalue weighted by Crippen LogP contribution is -2.44. The van der Waals surface area contributed by atoms with Crippen LogP contribution in [0.1, 0.15) is 23.3 Å². The van der Waals surface area contributed by atoms with E-state index in [4.69, 9.17) is 4.74 Å². The number of nitrogens with zero attached hydrogens (tertiary/aromatic N) is 3. The van der Waals surface area contributed by atoms with E-state index in [0.29, 0.717) is 34.4 Å². The lowest BCUT2D eigenvalue weighted by molar-refractivity contribution is 0.0110. The van der Waals surface area contributed by atoms with Crippen molar-refractivity contribution in [1.82, 2.24) is 19.9 Å². The van der Waals surface area contributed by atoms with E-state index >= 15 is 0 Å². The fourth-order valence-electron chi connectivity index (χ4n) is 5.19. The van der Waals surface area contributed by atoms with Gasteiger partial charge in [-0.25, -0.2) is 9.97 Å². The normalized spacial score (nSPS) is 33.5. The molecule has 3 fully saturated rings. The number of aromatic nitrogens is 3. The summed E-state index contributed by atoms with van der Waals surface area (Å²) in [6.07, 6.45) is 5.27. The number of hydrogen-bond donors (Lipinski definition) is 1. The van der Waals surface area contributed by atoms with Gasteiger partial charge in [0.25, 0.3) is 11.5 Å². The summed E-state index contributed by atoms with van der Waals surface area (Å²) in [7, 11) is 1.74. The molecule has 24 heavy (non-hydrogen) atoms. The summed E-state index contributed by atoms with van der Waals surface area (Å²) in [6, 6.07) is 1.70. The number of ether oxygens (including phenoxy) is 1. The number of aromatic amines is 1. The third-order valence-corrected chi connectivity index (χ3v) is 6.10. The van der Waals surface area contributed by atoms with Crippen molar-refractivity contribution in [2.75, 3.05) is 13.7 Å². The minimum atomic E-state index is -0.256. The molecule has 1 amide bonds. The van der Waals surface area contributed by atoms with Gasteiger partial charge in [-0.15, -0.1) is 0 Å². The first kappa shape index (κ1) is 14.1. The Balaban J connectivity index is 1.53. The fraction of sp³-hybridized carbons (Fsp3) is 0.529. The minimum absolute atomic E-state index is 0.109. The Hall–Kier alpha value is -2.28. The number of methoxy groups -OCH3 is 1. The van der Waals surface area contributed by atoms with E-state index in [1.54, 1.807) is 13.2 Å². The van der Waals surface area contributed by atoms with Crippen LogP contribution in [0.4, 0.5) is 0 Å². The highest BCUT2D eigenvalue weighted by molar-refractivity contribution is 5.96. The van der Waals surface area contributed by atoms with Gasteiger partial charge in [0, 0.05) is 13.7 Å². The quantitative estimate of drug-likeness (QED) is 0.882. The number of carbonyl (C=O) groups excluding carboxylic acids is 1. The molecule has 2 aromatic rings. The van der Waals surface area contributed by atoms with Crippen molar-refractivity contribution in [3.63, 3.8) is 0 Å². The molecule has 3 aliphatic rings. The first-order chi connectivity index (χ1) is 11.7. The maximum atomic E-state index is 13.0. The smallest absolute Gasteiger partial charge is 0.272 e. The Morgan fingerprint density at radius 1 is 1.33 bits per heavy atom. The number of rotatable bonds is 2. The SMILES string of the molecule is COC1C2CC3CN(C(=O)c4cc5c(=O)[nH]cnc5cn4)C1C3C2. The fourth-order valence-corrected chi connectivity index (χ4v) is 5.19. The van der Waals surface area contributed by atoms with E-state index in [1.165, 1.54) is 12.5 Å². The maximum Gasteiger partial charge on any atom is 0.272 e. The zero-order valence-corrected chi connectivity index (χ0v) is 13.3. The third kappa shape index (κ3) is 1.76. The van der Waals surface area contributed by atoms with Crippen molar-refractivity contribution >= 4 is 16.8 Å². The average molecular weight is 326 g/mol. The van der Waals surface area contributed by atoms with Crippen LogP contribution in [-0.4, -0.2) is 51.6 Å². The number of fused-ring (bicyclic) bond motifs is 2. The molecular formula is C17H18N4O3. The molecule has 2 aromatic heterocycles. The molecule has 0 spiro atoms. The van der Waals surface area contributed by atoms with Crippen molar-refractivity contribution in [3.05, 3.63) is 34.6 Å². The van der Waals surface area contributed by atoms with Gasteiger partial charge in [0.1, 0.15) is 5.69 Å². The van der Waals surface area contributed by atoms with Crippen LogP contribution >= 0.6 is 0 Å². The minimum Gasteiger partial charge on any atom is -0.379 e. The van der Waals surface area contributed by atoms with Crippen LogP contribution in [0.25, 0.3) is 10.9 Å². The lowest BCUT2D eigenvalue weighted by atomic mass is 9.88. The van der Waals surface area contributed by atoms with E-state index in [1.807, 2.05) is 4.90 Å². The molecule has 2 aliphatic carbocycles. The molecule has 0 aromatic carbocycles. The largest absolute Gasteiger partial charge is 0.379 e. The molecule has 2 bridgehead atoms. The standard InChI is InChI=1S/C17H18N4O3/c1-24-15-8-2-9-6-21(14(15)10(9)3-8)17(23)12-4-11-13(5-18-12)19-7-20-16(11)22/h4-5,7-10,14-15H,2-3,6H2,1H3,(H,19,20,22). The van der Waals surface area contributed by atoms with E-state index in [0.717, 1.165) is 19.4 Å². The number of pyridine rings is 1. The number of amides is 1. The Morgan fingerprint density at radius 2 is 2.21 bits per heavy atom. The van der Waals surface area contributed by atoms with Crippen LogP contribution < -0.4 is 5.56 Å². The molecule has 1 N–H and O–H groups in total. The van der Waals surface area contributed by atoms with Gasteiger partial charge in [0.15, 0.2) is 0 Å². The highest BCUT2D eigenvalue weighted by Gasteiger charge is 2.60. The van der Waals surface area contributed by atoms with Crippen LogP contribution in [0.3, 0.4) is 0 Å². The summed E-state index contributed by atoms with van der Waals surface area (Å²) >= 11 is 0. The zero-order chi connectivity index (χ0) is 16.4. The molecule has 124 valence electrons. The molecule has 5 unspecified atom stereocenters. The predicted octanol–water partition coefficient (Wildman–Crippen LogP) is 0.813. The summed E-state index contributed by atoms with van der Waals surface area (Å²) in [5, 5.41) is 0.394. The first-order valence-corrected chi connectivity index (χ1v) is 8.34. The monoisotopic (exact) mass is 326 g/mol. The molecular weight excluding hydrogens is 308 g/mol. The van der Waals surface area contributed by atoms with Crippen molar-refractivity contribution in [3.8, 4) is 0 Å². The number of carbonyl (C=O) groups is 1. The zero-order valence-electron chi connectivity index (χ0n) is 13.3. The summed E-state index contributed by atoms with van der Waals surface area (Å²) < 4.78 is 5.70. The second kappa shape index (κ2) is 4.86. The topological polar surface area (TPSA) is 88.2 Å². The molecule has 2 saturated carbocycles. The summed E-state index contributed by atoms with van der Waals surface area (Å²) in [5.41, 5.74) is 0.543. The van der Waals surface area contributed by atoms with E-state index in [9.17, 15) is 9.59 Å². The van der Waals surface area contributed by atoms with Crippen LogP contribution in [0, 0.1) is 17.8 Å². The van der Waals surface area contributed by atoms with Gasteiger partial charge in [-0.2, -0.15) is 0 Å². The van der Waals surface area contributed by atoms with Crippen LogP contribution in [0.2, 0.25) is 0 Å². The van der Waals surface area contributed by atoms with Gasteiger partial charge in [0.2, 0.25) is 0 Å². The van der Waals surface area contributed by atoms with E-state index in [-0.39, 0.29) is 23.6 Å². The number of likely N-dealkylation sites (tertiary alicyclic amines) is 1. The third-order valence-electron chi connectivity index (χ3n) is 6.10. The van der Waals surface area contributed by atoms with E-state index < -0.39 is 0 Å². The van der Waals surface area contributed by atoms with Crippen LogP contribution in [0.15, 0.2) is 23.4 Å². The Kier molecular flexibility index (Phi) is 2.85. The highest BCUT2D eigenvalue weighted by Crippen LogP contribution is 2.55. The van der Waals surface area contributed by atoms with Gasteiger partial charge < -0.3 is 14.6 Å².